The third kappa shape index (κ3) is 2.30. The van der Waals surface area contributed by atoms with Gasteiger partial charge in [-0.1, -0.05) is 0 Å². The minimum atomic E-state index is -0.0725. The van der Waals surface area contributed by atoms with Gasteiger partial charge >= 0.3 is 0 Å². The average Bonchev–Trinajstić information content (AvgIpc) is 2.86. The molecule has 0 unspecified atom stereocenters. The highest BCUT2D eigenvalue weighted by Gasteiger charge is 2.20. The molecule has 110 valence electrons. The third-order valence-corrected chi connectivity index (χ3v) is 3.97. The van der Waals surface area contributed by atoms with Gasteiger partial charge < -0.3 is 10.3 Å². The van der Waals surface area contributed by atoms with Crippen molar-refractivity contribution in [3.63, 3.8) is 0 Å². The van der Waals surface area contributed by atoms with Crippen molar-refractivity contribution < 1.29 is 0 Å². The van der Waals surface area contributed by atoms with Crippen molar-refractivity contribution in [2.75, 3.05) is 13.1 Å². The summed E-state index contributed by atoms with van der Waals surface area (Å²) in [6, 6.07) is 5.47. The van der Waals surface area contributed by atoms with Gasteiger partial charge in [-0.25, -0.2) is 9.50 Å². The average molecular weight is 306 g/mol. The van der Waals surface area contributed by atoms with Crippen LogP contribution in [-0.4, -0.2) is 32.7 Å². The predicted octanol–water partition coefficient (Wildman–Crippen LogP) is 1.46. The number of pyridine rings is 1. The lowest BCUT2D eigenvalue weighted by molar-refractivity contribution is 0.446. The fraction of sp³-hybridized carbons (Fsp3) is 0.357. The molecule has 6 nitrogen and oxygen atoms in total. The molecule has 3 aromatic rings. The number of hydrogen-bond acceptors (Lipinski definition) is 4. The molecule has 3 aromatic heterocycles. The number of hydrogen-bond donors (Lipinski definition) is 2. The van der Waals surface area contributed by atoms with E-state index >= 15 is 0 Å². The maximum absolute atomic E-state index is 12.0. The number of nitrogens with one attached hydrogen (secondary N) is 2. The molecule has 0 saturated carbocycles. The van der Waals surface area contributed by atoms with Gasteiger partial charge in [-0.15, -0.1) is 17.5 Å². The van der Waals surface area contributed by atoms with Crippen LogP contribution in [0.2, 0.25) is 0 Å². The number of nitrogens with zero attached hydrogens (tertiary/aromatic N) is 3. The Morgan fingerprint density at radius 2 is 2.10 bits per heavy atom. The second kappa shape index (κ2) is 5.46. The van der Waals surface area contributed by atoms with Crippen LogP contribution in [0.3, 0.4) is 0 Å². The van der Waals surface area contributed by atoms with Crippen molar-refractivity contribution in [2.24, 2.45) is 0 Å². The lowest BCUT2D eigenvalue weighted by Crippen LogP contribution is -2.28. The van der Waals surface area contributed by atoms with Gasteiger partial charge in [-0.3, -0.25) is 4.79 Å². The van der Waals surface area contributed by atoms with Crippen LogP contribution in [0.1, 0.15) is 24.5 Å². The van der Waals surface area contributed by atoms with E-state index in [0.29, 0.717) is 11.6 Å². The van der Waals surface area contributed by atoms with Crippen molar-refractivity contribution in [2.45, 2.75) is 18.8 Å². The van der Waals surface area contributed by atoms with Gasteiger partial charge in [0, 0.05) is 18.2 Å². The molecule has 2 N–H and O–H groups in total. The molecule has 0 bridgehead atoms. The summed E-state index contributed by atoms with van der Waals surface area (Å²) in [4.78, 5) is 19.1. The quantitative estimate of drug-likeness (QED) is 0.714. The van der Waals surface area contributed by atoms with Gasteiger partial charge in [-0.05, 0) is 38.1 Å². The Morgan fingerprint density at radius 1 is 1.29 bits per heavy atom. The molecule has 0 radical (unpaired) electrons. The van der Waals surface area contributed by atoms with Crippen LogP contribution in [0.5, 0.6) is 0 Å². The summed E-state index contributed by atoms with van der Waals surface area (Å²) in [5, 5.41) is 8.78. The van der Waals surface area contributed by atoms with Gasteiger partial charge in [0.25, 0.3) is 5.56 Å². The van der Waals surface area contributed by atoms with Crippen LogP contribution in [0.4, 0.5) is 0 Å². The minimum Gasteiger partial charge on any atom is -0.317 e. The van der Waals surface area contributed by atoms with E-state index < -0.39 is 0 Å². The molecule has 0 aliphatic carbocycles. The largest absolute Gasteiger partial charge is 0.317 e. The fourth-order valence-corrected chi connectivity index (χ4v) is 2.98. The number of piperidine rings is 1. The molecule has 0 spiro atoms. The first-order chi connectivity index (χ1) is 9.83. The number of halogens is 1. The Hall–Kier alpha value is -1.92. The molecule has 7 heteroatoms. The summed E-state index contributed by atoms with van der Waals surface area (Å²) in [7, 11) is 0. The number of aromatic nitrogens is 4. The van der Waals surface area contributed by atoms with E-state index in [1.54, 1.807) is 12.3 Å². The number of aromatic amines is 1. The van der Waals surface area contributed by atoms with E-state index in [0.717, 1.165) is 42.7 Å². The zero-order chi connectivity index (χ0) is 13.5. The van der Waals surface area contributed by atoms with Gasteiger partial charge in [0.1, 0.15) is 5.65 Å². The van der Waals surface area contributed by atoms with Gasteiger partial charge in [0.05, 0.1) is 11.1 Å². The molecule has 21 heavy (non-hydrogen) atoms. The lowest BCUT2D eigenvalue weighted by Gasteiger charge is -2.22. The van der Waals surface area contributed by atoms with E-state index in [4.69, 9.17) is 0 Å². The maximum Gasteiger partial charge on any atom is 0.251 e. The summed E-state index contributed by atoms with van der Waals surface area (Å²) in [6.45, 7) is 1.97. The summed E-state index contributed by atoms with van der Waals surface area (Å²) in [5.41, 5.74) is 2.33. The van der Waals surface area contributed by atoms with E-state index in [1.165, 1.54) is 0 Å². The minimum absolute atomic E-state index is 0. The Balaban J connectivity index is 0.00000132. The second-order valence-electron chi connectivity index (χ2n) is 5.22. The number of rotatable bonds is 1. The second-order valence-corrected chi connectivity index (χ2v) is 5.22. The summed E-state index contributed by atoms with van der Waals surface area (Å²) >= 11 is 0. The summed E-state index contributed by atoms with van der Waals surface area (Å²) < 4.78 is 1.86. The third-order valence-electron chi connectivity index (χ3n) is 3.97. The van der Waals surface area contributed by atoms with Crippen LogP contribution in [0.25, 0.3) is 16.7 Å². The fourth-order valence-electron chi connectivity index (χ4n) is 2.98. The first kappa shape index (κ1) is 14.0. The monoisotopic (exact) mass is 305 g/mol. The molecule has 4 rings (SSSR count). The van der Waals surface area contributed by atoms with Crippen LogP contribution < -0.4 is 10.9 Å². The highest BCUT2D eigenvalue weighted by molar-refractivity contribution is 5.89. The molecule has 1 saturated heterocycles. The number of fused-ring (bicyclic) bond motifs is 3. The topological polar surface area (TPSA) is 75.1 Å². The number of H-pyrrole nitrogens is 1. The molecule has 4 heterocycles. The predicted molar refractivity (Wildman–Crippen MR) is 83.2 cm³/mol. The van der Waals surface area contributed by atoms with Crippen LogP contribution in [0, 0.1) is 0 Å². The van der Waals surface area contributed by atoms with Crippen LogP contribution in [0.15, 0.2) is 29.2 Å². The van der Waals surface area contributed by atoms with E-state index in [1.807, 2.05) is 16.6 Å². The molecule has 0 amide bonds. The van der Waals surface area contributed by atoms with Crippen molar-refractivity contribution in [1.82, 2.24) is 24.9 Å². The molecular weight excluding hydrogens is 290 g/mol. The van der Waals surface area contributed by atoms with Crippen LogP contribution >= 0.6 is 12.4 Å². The first-order valence-electron chi connectivity index (χ1n) is 6.90. The Bertz CT molecular complexity index is 834. The zero-order valence-electron chi connectivity index (χ0n) is 11.4. The van der Waals surface area contributed by atoms with Crippen molar-refractivity contribution >= 4 is 29.1 Å². The smallest absolute Gasteiger partial charge is 0.251 e. The molecule has 1 aliphatic rings. The first-order valence-corrected chi connectivity index (χ1v) is 6.90. The van der Waals surface area contributed by atoms with Gasteiger partial charge in [0.15, 0.2) is 5.65 Å². The maximum atomic E-state index is 12.0. The normalized spacial score (nSPS) is 16.2. The van der Waals surface area contributed by atoms with Crippen molar-refractivity contribution in [3.8, 4) is 0 Å². The van der Waals surface area contributed by atoms with Gasteiger partial charge in [0.2, 0.25) is 0 Å². The molecule has 0 atom stereocenters. The lowest BCUT2D eigenvalue weighted by atomic mass is 9.94. The van der Waals surface area contributed by atoms with Gasteiger partial charge in [-0.2, -0.15) is 0 Å². The molecule has 0 aromatic carbocycles. The van der Waals surface area contributed by atoms with E-state index in [2.05, 4.69) is 20.4 Å². The standard InChI is InChI=1S/C14H15N5O.ClH/c20-12-8-11(9-3-6-15-7-4-9)19-14(17-12)10-2-1-5-16-13(10)18-19;/h1-2,5,8-9,15H,3-4,6-7H2,(H,17,20);1H. The van der Waals surface area contributed by atoms with E-state index in [9.17, 15) is 4.79 Å². The highest BCUT2D eigenvalue weighted by Crippen LogP contribution is 2.26. The zero-order valence-corrected chi connectivity index (χ0v) is 12.2. The Morgan fingerprint density at radius 3 is 2.90 bits per heavy atom. The highest BCUT2D eigenvalue weighted by atomic mass is 35.5. The molecule has 1 aliphatic heterocycles. The molecule has 1 fully saturated rings. The summed E-state index contributed by atoms with van der Waals surface area (Å²) in [6.07, 6.45) is 3.78. The summed E-state index contributed by atoms with van der Waals surface area (Å²) in [5.74, 6) is 0.371. The SMILES string of the molecule is Cl.O=c1cc(C2CCNCC2)n2nc3ncccc3c2[nH]1. The molecular formula is C14H16ClN5O. The van der Waals surface area contributed by atoms with Crippen molar-refractivity contribution in [1.29, 1.82) is 0 Å². The van der Waals surface area contributed by atoms with Crippen molar-refractivity contribution in [3.05, 3.63) is 40.4 Å². The Kier molecular flexibility index (Phi) is 3.65. The van der Waals surface area contributed by atoms with Crippen LogP contribution in [-0.2, 0) is 0 Å². The Labute approximate surface area is 127 Å². The van der Waals surface area contributed by atoms with E-state index in [-0.39, 0.29) is 18.0 Å².